The molecule has 0 radical (unpaired) electrons. The number of amides is 1. The van der Waals surface area contributed by atoms with Crippen LogP contribution < -0.4 is 10.1 Å². The van der Waals surface area contributed by atoms with Crippen molar-refractivity contribution in [3.8, 4) is 5.75 Å². The standard InChI is InChI=1S/C20H23FN2O4S/c1-14(15-5-8-17(21)9-6-15)22-20(24)16-7-10-18(27-2)19(13-16)28(25,26)23-11-3-4-12-23/h5-10,13-14H,3-4,11-12H2,1-2H3,(H,22,24)/t14-/m1/s1. The zero-order valence-electron chi connectivity index (χ0n) is 15.8. The molecule has 2 aromatic rings. The Bertz CT molecular complexity index is 955. The van der Waals surface area contributed by atoms with Crippen LogP contribution in [0, 0.1) is 5.82 Å². The van der Waals surface area contributed by atoms with Crippen LogP contribution in [0.3, 0.4) is 0 Å². The summed E-state index contributed by atoms with van der Waals surface area (Å²) >= 11 is 0. The van der Waals surface area contributed by atoms with Gasteiger partial charge in [0.25, 0.3) is 5.91 Å². The van der Waals surface area contributed by atoms with Crippen molar-refractivity contribution in [2.45, 2.75) is 30.7 Å². The number of carbonyl (C=O) groups excluding carboxylic acids is 1. The van der Waals surface area contributed by atoms with E-state index in [0.29, 0.717) is 13.1 Å². The fraction of sp³-hybridized carbons (Fsp3) is 0.350. The van der Waals surface area contributed by atoms with Crippen LogP contribution in [-0.2, 0) is 10.0 Å². The van der Waals surface area contributed by atoms with E-state index in [1.807, 2.05) is 0 Å². The van der Waals surface area contributed by atoms with E-state index in [9.17, 15) is 17.6 Å². The van der Waals surface area contributed by atoms with Crippen molar-refractivity contribution in [3.05, 3.63) is 59.4 Å². The maximum absolute atomic E-state index is 13.1. The first-order chi connectivity index (χ1) is 13.3. The van der Waals surface area contributed by atoms with E-state index in [2.05, 4.69) is 5.32 Å². The fourth-order valence-electron chi connectivity index (χ4n) is 3.20. The molecule has 1 saturated heterocycles. The molecule has 1 fully saturated rings. The molecule has 1 amide bonds. The number of nitrogens with one attached hydrogen (secondary N) is 1. The Labute approximate surface area is 164 Å². The predicted molar refractivity (Wildman–Crippen MR) is 103 cm³/mol. The molecule has 0 saturated carbocycles. The number of rotatable bonds is 6. The van der Waals surface area contributed by atoms with Gasteiger partial charge < -0.3 is 10.1 Å². The fourth-order valence-corrected chi connectivity index (χ4v) is 4.90. The summed E-state index contributed by atoms with van der Waals surface area (Å²) in [5.74, 6) is -0.568. The minimum Gasteiger partial charge on any atom is -0.495 e. The first-order valence-corrected chi connectivity index (χ1v) is 10.5. The molecule has 0 aromatic heterocycles. The summed E-state index contributed by atoms with van der Waals surface area (Å²) in [4.78, 5) is 12.6. The summed E-state index contributed by atoms with van der Waals surface area (Å²) in [6, 6.07) is 9.83. The number of nitrogens with zero attached hydrogens (tertiary/aromatic N) is 1. The normalized spacial score (nSPS) is 16.0. The molecular formula is C20H23FN2O4S. The van der Waals surface area contributed by atoms with Crippen LogP contribution in [-0.4, -0.2) is 38.8 Å². The average molecular weight is 406 g/mol. The van der Waals surface area contributed by atoms with Crippen LogP contribution in [0.1, 0.15) is 41.7 Å². The predicted octanol–water partition coefficient (Wildman–Crippen LogP) is 3.11. The van der Waals surface area contributed by atoms with Crippen LogP contribution in [0.15, 0.2) is 47.4 Å². The van der Waals surface area contributed by atoms with Gasteiger partial charge in [0, 0.05) is 18.7 Å². The monoisotopic (exact) mass is 406 g/mol. The Morgan fingerprint density at radius 2 is 1.79 bits per heavy atom. The van der Waals surface area contributed by atoms with Crippen molar-refractivity contribution in [1.29, 1.82) is 0 Å². The van der Waals surface area contributed by atoms with Crippen LogP contribution in [0.5, 0.6) is 5.75 Å². The van der Waals surface area contributed by atoms with Gasteiger partial charge >= 0.3 is 0 Å². The van der Waals surface area contributed by atoms with Crippen molar-refractivity contribution >= 4 is 15.9 Å². The highest BCUT2D eigenvalue weighted by atomic mass is 32.2. The largest absolute Gasteiger partial charge is 0.495 e. The number of halogens is 1. The number of benzene rings is 2. The van der Waals surface area contributed by atoms with Crippen LogP contribution in [0.2, 0.25) is 0 Å². The Morgan fingerprint density at radius 1 is 1.14 bits per heavy atom. The SMILES string of the molecule is COc1ccc(C(=O)N[C@H](C)c2ccc(F)cc2)cc1S(=O)(=O)N1CCCC1. The molecule has 6 nitrogen and oxygen atoms in total. The highest BCUT2D eigenvalue weighted by molar-refractivity contribution is 7.89. The zero-order valence-corrected chi connectivity index (χ0v) is 16.6. The van der Waals surface area contributed by atoms with E-state index in [0.717, 1.165) is 18.4 Å². The Kier molecular flexibility index (Phi) is 6.00. The van der Waals surface area contributed by atoms with Gasteiger partial charge in [-0.1, -0.05) is 12.1 Å². The molecule has 8 heteroatoms. The molecule has 150 valence electrons. The molecule has 0 aliphatic carbocycles. The van der Waals surface area contributed by atoms with E-state index in [1.165, 1.54) is 41.7 Å². The number of hydrogen-bond acceptors (Lipinski definition) is 4. The topological polar surface area (TPSA) is 75.7 Å². The summed E-state index contributed by atoms with van der Waals surface area (Å²) in [6.45, 7) is 2.70. The van der Waals surface area contributed by atoms with Gasteiger partial charge in [-0.2, -0.15) is 4.31 Å². The molecule has 3 rings (SSSR count). The zero-order chi connectivity index (χ0) is 20.3. The van der Waals surface area contributed by atoms with E-state index in [-0.39, 0.29) is 28.1 Å². The molecule has 1 heterocycles. The number of sulfonamides is 1. The van der Waals surface area contributed by atoms with Gasteiger partial charge in [0.05, 0.1) is 13.2 Å². The lowest BCUT2D eigenvalue weighted by atomic mass is 10.1. The second-order valence-corrected chi connectivity index (χ2v) is 8.63. The van der Waals surface area contributed by atoms with E-state index in [4.69, 9.17) is 4.74 Å². The van der Waals surface area contributed by atoms with Crippen molar-refractivity contribution in [2.75, 3.05) is 20.2 Å². The maximum atomic E-state index is 13.1. The number of methoxy groups -OCH3 is 1. The third kappa shape index (κ3) is 4.18. The number of hydrogen-bond donors (Lipinski definition) is 1. The lowest BCUT2D eigenvalue weighted by Gasteiger charge is -2.19. The third-order valence-electron chi connectivity index (χ3n) is 4.83. The minimum absolute atomic E-state index is 0.0148. The maximum Gasteiger partial charge on any atom is 0.251 e. The second-order valence-electron chi connectivity index (χ2n) is 6.72. The molecule has 1 atom stereocenters. The first-order valence-electron chi connectivity index (χ1n) is 9.07. The van der Waals surface area contributed by atoms with Crippen LogP contribution in [0.4, 0.5) is 4.39 Å². The first kappa shape index (κ1) is 20.3. The van der Waals surface area contributed by atoms with Gasteiger partial charge in [-0.3, -0.25) is 4.79 Å². The van der Waals surface area contributed by atoms with Gasteiger partial charge in [-0.15, -0.1) is 0 Å². The molecule has 1 aliphatic rings. The van der Waals surface area contributed by atoms with Crippen molar-refractivity contribution < 1.29 is 22.3 Å². The van der Waals surface area contributed by atoms with Gasteiger partial charge in [-0.25, -0.2) is 12.8 Å². The molecule has 0 unspecified atom stereocenters. The third-order valence-corrected chi connectivity index (χ3v) is 6.75. The summed E-state index contributed by atoms with van der Waals surface area (Å²) in [7, 11) is -2.34. The van der Waals surface area contributed by atoms with Gasteiger partial charge in [0.2, 0.25) is 10.0 Å². The number of ether oxygens (including phenoxy) is 1. The van der Waals surface area contributed by atoms with Crippen LogP contribution in [0.25, 0.3) is 0 Å². The van der Waals surface area contributed by atoms with Gasteiger partial charge in [-0.05, 0) is 55.7 Å². The summed E-state index contributed by atoms with van der Waals surface area (Å²) < 4.78 is 45.6. The minimum atomic E-state index is -3.74. The van der Waals surface area contributed by atoms with E-state index >= 15 is 0 Å². The van der Waals surface area contributed by atoms with E-state index in [1.54, 1.807) is 19.1 Å². The lowest BCUT2D eigenvalue weighted by Crippen LogP contribution is -2.29. The number of carbonyl (C=O) groups is 1. The second kappa shape index (κ2) is 8.28. The molecule has 28 heavy (non-hydrogen) atoms. The molecule has 2 aromatic carbocycles. The molecule has 1 aliphatic heterocycles. The Hall–Kier alpha value is -2.45. The van der Waals surface area contributed by atoms with Gasteiger partial charge in [0.15, 0.2) is 0 Å². The quantitative estimate of drug-likeness (QED) is 0.800. The Morgan fingerprint density at radius 3 is 2.39 bits per heavy atom. The molecule has 1 N–H and O–H groups in total. The summed E-state index contributed by atoms with van der Waals surface area (Å²) in [6.07, 6.45) is 1.63. The average Bonchev–Trinajstić information content (AvgIpc) is 3.23. The van der Waals surface area contributed by atoms with Gasteiger partial charge in [0.1, 0.15) is 16.5 Å². The van der Waals surface area contributed by atoms with E-state index < -0.39 is 15.9 Å². The highest BCUT2D eigenvalue weighted by Gasteiger charge is 2.30. The van der Waals surface area contributed by atoms with Crippen molar-refractivity contribution in [2.24, 2.45) is 0 Å². The molecular weight excluding hydrogens is 383 g/mol. The van der Waals surface area contributed by atoms with Crippen molar-refractivity contribution in [1.82, 2.24) is 9.62 Å². The highest BCUT2D eigenvalue weighted by Crippen LogP contribution is 2.30. The summed E-state index contributed by atoms with van der Waals surface area (Å²) in [5, 5.41) is 2.81. The molecule has 0 bridgehead atoms. The lowest BCUT2D eigenvalue weighted by molar-refractivity contribution is 0.0939. The Balaban J connectivity index is 1.86. The smallest absolute Gasteiger partial charge is 0.251 e. The van der Waals surface area contributed by atoms with Crippen LogP contribution >= 0.6 is 0 Å². The van der Waals surface area contributed by atoms with Crippen molar-refractivity contribution in [3.63, 3.8) is 0 Å². The summed E-state index contributed by atoms with van der Waals surface area (Å²) in [5.41, 5.74) is 0.959. The molecule has 0 spiro atoms.